The van der Waals surface area contributed by atoms with Gasteiger partial charge >= 0.3 is 0 Å². The summed E-state index contributed by atoms with van der Waals surface area (Å²) in [5.74, 6) is 1.01. The zero-order chi connectivity index (χ0) is 11.7. The third-order valence-corrected chi connectivity index (χ3v) is 3.82. The molecule has 0 amide bonds. The van der Waals surface area contributed by atoms with Crippen molar-refractivity contribution in [3.05, 3.63) is 59.3 Å². The highest BCUT2D eigenvalue weighted by molar-refractivity contribution is 9.09. The van der Waals surface area contributed by atoms with Crippen LogP contribution in [0.1, 0.15) is 22.7 Å². The van der Waals surface area contributed by atoms with Gasteiger partial charge in [-0.05, 0) is 22.8 Å². The average Bonchev–Trinajstić information content (AvgIpc) is 2.54. The van der Waals surface area contributed by atoms with Crippen molar-refractivity contribution in [3.63, 3.8) is 0 Å². The lowest BCUT2D eigenvalue weighted by molar-refractivity contribution is 0.893. The van der Waals surface area contributed by atoms with Crippen LogP contribution >= 0.6 is 32.9 Å². The molecule has 0 fully saturated rings. The Hall–Kier alpha value is -0.870. The second-order valence-corrected chi connectivity index (χ2v) is 4.89. The summed E-state index contributed by atoms with van der Waals surface area (Å²) in [7, 11) is 0. The first-order chi connectivity index (χ1) is 8.38. The Morgan fingerprint density at radius 1 is 1.17 bits per heavy atom. The molecule has 94 valence electrons. The van der Waals surface area contributed by atoms with E-state index in [9.17, 15) is 0 Å². The standard InChI is InChI=1S/C14H13BrN2.BrH/c15-9-13-12-6-2-1-4-10(12)8-11-5-3-7-16-14(11)17-13;/h1-7,13H,8-9H2,(H,16,17);1H. The SMILES string of the molecule is Br.BrCC1Nc2ncccc2Cc2ccccc21. The maximum Gasteiger partial charge on any atom is 0.129 e. The van der Waals surface area contributed by atoms with Crippen LogP contribution < -0.4 is 5.32 Å². The summed E-state index contributed by atoms with van der Waals surface area (Å²) in [5.41, 5.74) is 4.02. The van der Waals surface area contributed by atoms with Crippen LogP contribution in [0.25, 0.3) is 0 Å². The fraction of sp³-hybridized carbons (Fsp3) is 0.214. The van der Waals surface area contributed by atoms with Crippen LogP contribution in [0, 0.1) is 0 Å². The number of nitrogens with one attached hydrogen (secondary N) is 1. The van der Waals surface area contributed by atoms with Gasteiger partial charge in [-0.3, -0.25) is 0 Å². The first-order valence-corrected chi connectivity index (χ1v) is 6.85. The predicted octanol–water partition coefficient (Wildman–Crippen LogP) is 4.11. The Kier molecular flexibility index (Phi) is 4.40. The minimum absolute atomic E-state index is 0. The Morgan fingerprint density at radius 2 is 1.94 bits per heavy atom. The van der Waals surface area contributed by atoms with E-state index in [4.69, 9.17) is 0 Å². The minimum atomic E-state index is 0. The molecule has 0 bridgehead atoms. The third-order valence-electron chi connectivity index (χ3n) is 3.17. The van der Waals surface area contributed by atoms with Gasteiger partial charge in [-0.25, -0.2) is 4.98 Å². The highest BCUT2D eigenvalue weighted by atomic mass is 79.9. The smallest absolute Gasteiger partial charge is 0.129 e. The van der Waals surface area contributed by atoms with Gasteiger partial charge in [0.05, 0.1) is 6.04 Å². The van der Waals surface area contributed by atoms with E-state index in [1.54, 1.807) is 0 Å². The van der Waals surface area contributed by atoms with Gasteiger partial charge in [-0.15, -0.1) is 17.0 Å². The normalized spacial score (nSPS) is 16.6. The highest BCUT2D eigenvalue weighted by Crippen LogP contribution is 2.31. The summed E-state index contributed by atoms with van der Waals surface area (Å²) in [6.45, 7) is 0. The molecule has 3 rings (SSSR count). The summed E-state index contributed by atoms with van der Waals surface area (Å²) in [4.78, 5) is 4.43. The fourth-order valence-electron chi connectivity index (χ4n) is 2.32. The summed E-state index contributed by atoms with van der Waals surface area (Å²) < 4.78 is 0. The molecule has 2 heterocycles. The van der Waals surface area contributed by atoms with Crippen LogP contribution in [0.4, 0.5) is 5.82 Å². The van der Waals surface area contributed by atoms with E-state index in [0.29, 0.717) is 6.04 Å². The molecule has 1 aliphatic rings. The first-order valence-electron chi connectivity index (χ1n) is 5.72. The van der Waals surface area contributed by atoms with Gasteiger partial charge in [0, 0.05) is 17.9 Å². The van der Waals surface area contributed by atoms with Crippen LogP contribution in [-0.4, -0.2) is 10.3 Å². The maximum absolute atomic E-state index is 4.43. The Labute approximate surface area is 126 Å². The fourth-order valence-corrected chi connectivity index (χ4v) is 2.83. The van der Waals surface area contributed by atoms with Gasteiger partial charge in [-0.1, -0.05) is 46.3 Å². The second kappa shape index (κ2) is 5.85. The number of benzene rings is 1. The van der Waals surface area contributed by atoms with Crippen molar-refractivity contribution in [1.82, 2.24) is 4.98 Å². The van der Waals surface area contributed by atoms with Crippen LogP contribution in [-0.2, 0) is 6.42 Å². The number of pyridine rings is 1. The van der Waals surface area contributed by atoms with E-state index in [2.05, 4.69) is 56.6 Å². The molecule has 0 aliphatic carbocycles. The Bertz CT molecular complexity index is 543. The van der Waals surface area contributed by atoms with E-state index in [0.717, 1.165) is 17.6 Å². The lowest BCUT2D eigenvalue weighted by Gasteiger charge is -2.16. The average molecular weight is 370 g/mol. The van der Waals surface area contributed by atoms with Crippen molar-refractivity contribution < 1.29 is 0 Å². The molecule has 0 spiro atoms. The lowest BCUT2D eigenvalue weighted by atomic mass is 9.98. The maximum atomic E-state index is 4.43. The summed E-state index contributed by atoms with van der Waals surface area (Å²) >= 11 is 3.58. The van der Waals surface area contributed by atoms with Gasteiger partial charge < -0.3 is 5.32 Å². The number of anilines is 1. The van der Waals surface area contributed by atoms with Gasteiger partial charge in [-0.2, -0.15) is 0 Å². The third kappa shape index (κ3) is 2.45. The number of aromatic nitrogens is 1. The topological polar surface area (TPSA) is 24.9 Å². The number of nitrogens with zero attached hydrogens (tertiary/aromatic N) is 1. The number of halogens is 2. The van der Waals surface area contributed by atoms with E-state index in [1.807, 2.05) is 12.3 Å². The molecule has 0 saturated carbocycles. The quantitative estimate of drug-likeness (QED) is 0.765. The van der Waals surface area contributed by atoms with Crippen molar-refractivity contribution in [2.75, 3.05) is 10.6 Å². The Morgan fingerprint density at radius 3 is 2.78 bits per heavy atom. The molecular weight excluding hydrogens is 356 g/mol. The van der Waals surface area contributed by atoms with Crippen LogP contribution in [0.5, 0.6) is 0 Å². The molecule has 2 nitrogen and oxygen atoms in total. The molecule has 0 radical (unpaired) electrons. The molecule has 1 atom stereocenters. The summed E-state index contributed by atoms with van der Waals surface area (Å²) in [6, 6.07) is 13.0. The predicted molar refractivity (Wildman–Crippen MR) is 84.0 cm³/mol. The van der Waals surface area contributed by atoms with Crippen molar-refractivity contribution in [1.29, 1.82) is 0 Å². The number of hydrogen-bond acceptors (Lipinski definition) is 2. The van der Waals surface area contributed by atoms with E-state index in [1.165, 1.54) is 16.7 Å². The van der Waals surface area contributed by atoms with E-state index >= 15 is 0 Å². The summed E-state index contributed by atoms with van der Waals surface area (Å²) in [6.07, 6.45) is 2.79. The zero-order valence-electron chi connectivity index (χ0n) is 9.77. The molecule has 1 N–H and O–H groups in total. The molecule has 4 heteroatoms. The van der Waals surface area contributed by atoms with Crippen LogP contribution in [0.15, 0.2) is 42.6 Å². The molecule has 2 aromatic rings. The summed E-state index contributed by atoms with van der Waals surface area (Å²) in [5, 5.41) is 4.40. The molecule has 0 saturated heterocycles. The lowest BCUT2D eigenvalue weighted by Crippen LogP contribution is -2.12. The minimum Gasteiger partial charge on any atom is -0.362 e. The molecule has 1 unspecified atom stereocenters. The number of alkyl halides is 1. The van der Waals surface area contributed by atoms with Crippen molar-refractivity contribution in [3.8, 4) is 0 Å². The highest BCUT2D eigenvalue weighted by Gasteiger charge is 2.20. The molecule has 1 aliphatic heterocycles. The monoisotopic (exact) mass is 368 g/mol. The molecule has 18 heavy (non-hydrogen) atoms. The van der Waals surface area contributed by atoms with Gasteiger partial charge in [0.1, 0.15) is 5.82 Å². The Balaban J connectivity index is 0.00000120. The van der Waals surface area contributed by atoms with Gasteiger partial charge in [0.2, 0.25) is 0 Å². The first kappa shape index (κ1) is 13.6. The van der Waals surface area contributed by atoms with Crippen LogP contribution in [0.2, 0.25) is 0 Å². The van der Waals surface area contributed by atoms with Crippen molar-refractivity contribution >= 4 is 38.7 Å². The second-order valence-electron chi connectivity index (χ2n) is 4.24. The number of rotatable bonds is 1. The number of fused-ring (bicyclic) bond motifs is 2. The largest absolute Gasteiger partial charge is 0.362 e. The molecular formula is C14H14Br2N2. The van der Waals surface area contributed by atoms with Gasteiger partial charge in [0.15, 0.2) is 0 Å². The van der Waals surface area contributed by atoms with Crippen molar-refractivity contribution in [2.45, 2.75) is 12.5 Å². The zero-order valence-corrected chi connectivity index (χ0v) is 13.1. The van der Waals surface area contributed by atoms with Crippen molar-refractivity contribution in [2.24, 2.45) is 0 Å². The number of hydrogen-bond donors (Lipinski definition) is 1. The molecule has 1 aromatic heterocycles. The molecule has 1 aromatic carbocycles. The van der Waals surface area contributed by atoms with Crippen LogP contribution in [0.3, 0.4) is 0 Å². The van der Waals surface area contributed by atoms with E-state index in [-0.39, 0.29) is 17.0 Å². The van der Waals surface area contributed by atoms with Gasteiger partial charge in [0.25, 0.3) is 0 Å². The van der Waals surface area contributed by atoms with E-state index < -0.39 is 0 Å².